The van der Waals surface area contributed by atoms with Gasteiger partial charge in [0.15, 0.2) is 0 Å². The zero-order valence-electron chi connectivity index (χ0n) is 16.7. The summed E-state index contributed by atoms with van der Waals surface area (Å²) in [6.45, 7) is 1.59. The molecule has 0 radical (unpaired) electrons. The molecule has 30 heavy (non-hydrogen) atoms. The van der Waals surface area contributed by atoms with Crippen LogP contribution in [0.15, 0.2) is 65.8 Å². The maximum absolute atomic E-state index is 12.3. The third-order valence-corrected chi connectivity index (χ3v) is 5.79. The van der Waals surface area contributed by atoms with E-state index in [4.69, 9.17) is 0 Å². The van der Waals surface area contributed by atoms with Crippen molar-refractivity contribution in [2.24, 2.45) is 5.10 Å². The molecule has 0 saturated heterocycles. The summed E-state index contributed by atoms with van der Waals surface area (Å²) in [5.41, 5.74) is 4.26. The molecule has 0 spiro atoms. The summed E-state index contributed by atoms with van der Waals surface area (Å²) in [5, 5.41) is 15.7. The number of nitrogens with zero attached hydrogens (tertiary/aromatic N) is 2. The molecule has 0 fully saturated rings. The highest BCUT2D eigenvalue weighted by Crippen LogP contribution is 2.25. The van der Waals surface area contributed by atoms with Crippen molar-refractivity contribution in [3.05, 3.63) is 71.8 Å². The average Bonchev–Trinajstić information content (AvgIpc) is 2.73. The number of aryl methyl sites for hydroxylation is 1. The van der Waals surface area contributed by atoms with Crippen molar-refractivity contribution in [1.29, 1.82) is 0 Å². The van der Waals surface area contributed by atoms with E-state index in [2.05, 4.69) is 10.5 Å². The molecule has 0 aliphatic heterocycles. The molecule has 8 heteroatoms. The Labute approximate surface area is 175 Å². The molecule has 0 bridgehead atoms. The number of hydrogen-bond acceptors (Lipinski definition) is 5. The fourth-order valence-electron chi connectivity index (χ4n) is 3.05. The summed E-state index contributed by atoms with van der Waals surface area (Å²) in [5.74, 6) is -0.573. The molecule has 156 valence electrons. The lowest BCUT2D eigenvalue weighted by molar-refractivity contribution is -0.119. The van der Waals surface area contributed by atoms with Crippen LogP contribution in [0.2, 0.25) is 0 Å². The highest BCUT2D eigenvalue weighted by atomic mass is 32.2. The van der Waals surface area contributed by atoms with Crippen LogP contribution < -0.4 is 9.73 Å². The van der Waals surface area contributed by atoms with Crippen molar-refractivity contribution in [3.8, 4) is 5.75 Å². The van der Waals surface area contributed by atoms with Crippen LogP contribution in [0.3, 0.4) is 0 Å². The van der Waals surface area contributed by atoms with Gasteiger partial charge in [0.05, 0.1) is 18.2 Å². The van der Waals surface area contributed by atoms with Gasteiger partial charge in [-0.2, -0.15) is 5.10 Å². The molecule has 3 aromatic carbocycles. The molecule has 0 unspecified atom stereocenters. The second-order valence-corrected chi connectivity index (χ2v) is 8.71. The van der Waals surface area contributed by atoms with Crippen molar-refractivity contribution in [1.82, 2.24) is 5.43 Å². The van der Waals surface area contributed by atoms with Crippen molar-refractivity contribution in [3.63, 3.8) is 0 Å². The number of carbonyl (C=O) groups is 1. The predicted octanol–water partition coefficient (Wildman–Crippen LogP) is 3.02. The van der Waals surface area contributed by atoms with E-state index in [0.717, 1.165) is 33.3 Å². The zero-order chi connectivity index (χ0) is 21.7. The molecule has 0 aliphatic rings. The first-order valence-corrected chi connectivity index (χ1v) is 11.2. The predicted molar refractivity (Wildman–Crippen MR) is 119 cm³/mol. The zero-order valence-corrected chi connectivity index (χ0v) is 17.6. The summed E-state index contributed by atoms with van der Waals surface area (Å²) < 4.78 is 25.4. The van der Waals surface area contributed by atoms with E-state index in [9.17, 15) is 18.3 Å². The first-order valence-electron chi connectivity index (χ1n) is 9.39. The quantitative estimate of drug-likeness (QED) is 0.449. The number of rotatable bonds is 7. The van der Waals surface area contributed by atoms with E-state index < -0.39 is 22.5 Å². The number of phenolic OH excluding ortho intramolecular Hbond substituents is 1. The van der Waals surface area contributed by atoms with E-state index in [0.29, 0.717) is 11.3 Å². The largest absolute Gasteiger partial charge is 0.507 e. The topological polar surface area (TPSA) is 99.1 Å². The number of anilines is 1. The lowest BCUT2D eigenvalue weighted by Gasteiger charge is -2.21. The van der Waals surface area contributed by atoms with Crippen LogP contribution in [0.1, 0.15) is 18.1 Å². The van der Waals surface area contributed by atoms with Gasteiger partial charge in [-0.25, -0.2) is 13.8 Å². The van der Waals surface area contributed by atoms with E-state index in [-0.39, 0.29) is 5.75 Å². The van der Waals surface area contributed by atoms with E-state index in [1.165, 1.54) is 6.21 Å². The van der Waals surface area contributed by atoms with Crippen molar-refractivity contribution in [2.75, 3.05) is 17.1 Å². The van der Waals surface area contributed by atoms with Gasteiger partial charge in [-0.3, -0.25) is 9.10 Å². The van der Waals surface area contributed by atoms with Crippen LogP contribution in [-0.2, 0) is 21.2 Å². The number of amides is 1. The first-order chi connectivity index (χ1) is 14.3. The second kappa shape index (κ2) is 8.96. The van der Waals surface area contributed by atoms with Crippen molar-refractivity contribution in [2.45, 2.75) is 13.3 Å². The highest BCUT2D eigenvalue weighted by Gasteiger charge is 2.20. The number of benzene rings is 3. The lowest BCUT2D eigenvalue weighted by Crippen LogP contribution is -2.39. The highest BCUT2D eigenvalue weighted by molar-refractivity contribution is 7.92. The number of aromatic hydroxyl groups is 1. The first kappa shape index (κ1) is 21.3. The molecule has 0 saturated carbocycles. The lowest BCUT2D eigenvalue weighted by atomic mass is 10.0. The fraction of sp³-hybridized carbons (Fsp3) is 0.182. The maximum Gasteiger partial charge on any atom is 0.260 e. The second-order valence-electron chi connectivity index (χ2n) is 6.80. The summed E-state index contributed by atoms with van der Waals surface area (Å²) in [4.78, 5) is 12.3. The Kier molecular flexibility index (Phi) is 6.37. The van der Waals surface area contributed by atoms with E-state index in [1.54, 1.807) is 24.3 Å². The molecule has 0 atom stereocenters. The molecule has 7 nitrogen and oxygen atoms in total. The third-order valence-electron chi connectivity index (χ3n) is 4.65. The molecular weight excluding hydrogens is 402 g/mol. The number of hydrogen-bond donors (Lipinski definition) is 2. The average molecular weight is 426 g/mol. The van der Waals surface area contributed by atoms with Gasteiger partial charge >= 0.3 is 0 Å². The summed E-state index contributed by atoms with van der Waals surface area (Å²) in [6.07, 6.45) is 3.22. The molecule has 0 aromatic heterocycles. The fourth-order valence-corrected chi connectivity index (χ4v) is 3.91. The monoisotopic (exact) mass is 425 g/mol. The standard InChI is InChI=1S/C22H23N3O4S/c1-3-16-8-11-18(12-9-16)25(30(2,28)29)15-22(27)24-23-14-20-19-7-5-4-6-17(19)10-13-21(20)26/h4-14,26H,3,15H2,1-2H3,(H,24,27)/b23-14-. The Morgan fingerprint density at radius 1 is 1.10 bits per heavy atom. The minimum absolute atomic E-state index is 0.0282. The molecule has 3 aromatic rings. The number of phenols is 1. The van der Waals surface area contributed by atoms with Gasteiger partial charge in [0.2, 0.25) is 10.0 Å². The van der Waals surface area contributed by atoms with Crippen molar-refractivity contribution >= 4 is 38.6 Å². The Bertz CT molecular complexity index is 1190. The summed E-state index contributed by atoms with van der Waals surface area (Å²) in [7, 11) is -3.66. The van der Waals surface area contributed by atoms with Gasteiger partial charge < -0.3 is 5.11 Å². The SMILES string of the molecule is CCc1ccc(N(CC(=O)N/N=C\c2c(O)ccc3ccccc23)S(C)(=O)=O)cc1. The number of nitrogens with one attached hydrogen (secondary N) is 1. The number of sulfonamides is 1. The van der Waals surface area contributed by atoms with Gasteiger partial charge in [-0.1, -0.05) is 49.4 Å². The van der Waals surface area contributed by atoms with Gasteiger partial charge in [0, 0.05) is 5.56 Å². The normalized spacial score (nSPS) is 11.7. The maximum atomic E-state index is 12.3. The van der Waals surface area contributed by atoms with Crippen LogP contribution in [0, 0.1) is 0 Å². The van der Waals surface area contributed by atoms with Crippen LogP contribution >= 0.6 is 0 Å². The number of hydrazone groups is 1. The molecule has 1 amide bonds. The minimum atomic E-state index is -3.66. The Hall–Kier alpha value is -3.39. The molecule has 0 heterocycles. The number of carbonyl (C=O) groups excluding carboxylic acids is 1. The molecule has 3 rings (SSSR count). The van der Waals surface area contributed by atoms with Gasteiger partial charge in [-0.05, 0) is 41.0 Å². The summed E-state index contributed by atoms with van der Waals surface area (Å²) >= 11 is 0. The Morgan fingerprint density at radius 2 is 1.80 bits per heavy atom. The van der Waals surface area contributed by atoms with E-state index >= 15 is 0 Å². The van der Waals surface area contributed by atoms with Gasteiger partial charge in [0.25, 0.3) is 5.91 Å². The number of fused-ring (bicyclic) bond motifs is 1. The van der Waals surface area contributed by atoms with E-state index in [1.807, 2.05) is 43.3 Å². The van der Waals surface area contributed by atoms with Crippen LogP contribution in [0.4, 0.5) is 5.69 Å². The van der Waals surface area contributed by atoms with Gasteiger partial charge in [0.1, 0.15) is 12.3 Å². The molecular formula is C22H23N3O4S. The van der Waals surface area contributed by atoms with Crippen molar-refractivity contribution < 1.29 is 18.3 Å². The molecule has 2 N–H and O–H groups in total. The third kappa shape index (κ3) is 4.96. The molecule has 0 aliphatic carbocycles. The van der Waals surface area contributed by atoms with Crippen LogP contribution in [0.25, 0.3) is 10.8 Å². The van der Waals surface area contributed by atoms with Gasteiger partial charge in [-0.15, -0.1) is 0 Å². The Balaban J connectivity index is 1.76. The Morgan fingerprint density at radius 3 is 2.47 bits per heavy atom. The van der Waals surface area contributed by atoms with Crippen LogP contribution in [-0.4, -0.2) is 38.4 Å². The minimum Gasteiger partial charge on any atom is -0.507 e. The smallest absolute Gasteiger partial charge is 0.260 e. The summed E-state index contributed by atoms with van der Waals surface area (Å²) in [6, 6.07) is 17.8. The van der Waals surface area contributed by atoms with Crippen LogP contribution in [0.5, 0.6) is 5.75 Å².